The first-order chi connectivity index (χ1) is 16.5. The Bertz CT molecular complexity index is 1160. The third kappa shape index (κ3) is 4.58. The van der Waals surface area contributed by atoms with Crippen LogP contribution in [0.4, 0.5) is 16.2 Å². The lowest BCUT2D eigenvalue weighted by molar-refractivity contribution is -0.142. The summed E-state index contributed by atoms with van der Waals surface area (Å²) in [5, 5.41) is 9.22. The minimum atomic E-state index is -0.716. The van der Waals surface area contributed by atoms with Crippen molar-refractivity contribution in [3.63, 3.8) is 0 Å². The van der Waals surface area contributed by atoms with Gasteiger partial charge in [0.2, 0.25) is 5.95 Å². The number of piperidine rings is 1. The number of carbonyl (C=O) groups is 1. The van der Waals surface area contributed by atoms with E-state index < -0.39 is 5.97 Å². The van der Waals surface area contributed by atoms with E-state index in [-0.39, 0.29) is 11.7 Å². The molecule has 4 heterocycles. The summed E-state index contributed by atoms with van der Waals surface area (Å²) in [6.07, 6.45) is 5.28. The van der Waals surface area contributed by atoms with Gasteiger partial charge >= 0.3 is 5.97 Å². The first-order valence-corrected chi connectivity index (χ1v) is 11.8. The lowest BCUT2D eigenvalue weighted by atomic mass is 9.97. The number of benzene rings is 1. The molecule has 34 heavy (non-hydrogen) atoms. The molecule has 7 nitrogen and oxygen atoms in total. The van der Waals surface area contributed by atoms with E-state index in [1.54, 1.807) is 12.1 Å². The maximum atomic E-state index is 13.5. The van der Waals surface area contributed by atoms with Gasteiger partial charge in [-0.2, -0.15) is 0 Å². The Hall–Kier alpha value is -3.55. The molecule has 0 saturated carbocycles. The first-order valence-electron chi connectivity index (χ1n) is 11.8. The normalized spacial score (nSPS) is 18.9. The van der Waals surface area contributed by atoms with Gasteiger partial charge in [0.1, 0.15) is 11.6 Å². The second-order valence-electron chi connectivity index (χ2n) is 9.13. The molecule has 2 fully saturated rings. The van der Waals surface area contributed by atoms with Crippen LogP contribution in [0.3, 0.4) is 0 Å². The minimum Gasteiger partial charge on any atom is -0.481 e. The smallest absolute Gasteiger partial charge is 0.306 e. The molecule has 0 radical (unpaired) electrons. The predicted octanol–water partition coefficient (Wildman–Crippen LogP) is 4.63. The summed E-state index contributed by atoms with van der Waals surface area (Å²) in [5.41, 5.74) is 3.23. The van der Waals surface area contributed by atoms with Crippen molar-refractivity contribution in [1.29, 1.82) is 0 Å². The largest absolute Gasteiger partial charge is 0.481 e. The predicted molar refractivity (Wildman–Crippen MR) is 129 cm³/mol. The third-order valence-electron chi connectivity index (χ3n) is 6.88. The number of hydrogen-bond acceptors (Lipinski definition) is 6. The van der Waals surface area contributed by atoms with Crippen LogP contribution in [-0.4, -0.2) is 51.7 Å². The van der Waals surface area contributed by atoms with Gasteiger partial charge in [0, 0.05) is 43.0 Å². The summed E-state index contributed by atoms with van der Waals surface area (Å²) in [4.78, 5) is 29.9. The number of pyridine rings is 1. The van der Waals surface area contributed by atoms with E-state index in [0.717, 1.165) is 47.7 Å². The molecule has 0 spiro atoms. The van der Waals surface area contributed by atoms with Crippen LogP contribution >= 0.6 is 0 Å². The summed E-state index contributed by atoms with van der Waals surface area (Å²) >= 11 is 0. The van der Waals surface area contributed by atoms with Gasteiger partial charge < -0.3 is 14.9 Å². The quantitative estimate of drug-likeness (QED) is 0.593. The lowest BCUT2D eigenvalue weighted by Gasteiger charge is -2.31. The molecule has 0 aliphatic carbocycles. The van der Waals surface area contributed by atoms with Crippen LogP contribution in [0, 0.1) is 11.7 Å². The second-order valence-corrected chi connectivity index (χ2v) is 9.13. The molecular formula is C26H28FN5O2. The van der Waals surface area contributed by atoms with Crippen molar-refractivity contribution in [2.75, 3.05) is 29.4 Å². The van der Waals surface area contributed by atoms with Gasteiger partial charge in [0.05, 0.1) is 17.3 Å². The van der Waals surface area contributed by atoms with Gasteiger partial charge in [0.25, 0.3) is 0 Å². The average molecular weight is 462 g/mol. The van der Waals surface area contributed by atoms with Crippen LogP contribution in [0.15, 0.2) is 48.7 Å². The van der Waals surface area contributed by atoms with E-state index in [2.05, 4.69) is 21.7 Å². The molecule has 2 aromatic heterocycles. The summed E-state index contributed by atoms with van der Waals surface area (Å²) < 4.78 is 13.5. The topological polar surface area (TPSA) is 82.5 Å². The van der Waals surface area contributed by atoms with Crippen molar-refractivity contribution in [3.05, 3.63) is 54.5 Å². The fraction of sp³-hybridized carbons (Fsp3) is 0.385. The van der Waals surface area contributed by atoms with E-state index >= 15 is 0 Å². The highest BCUT2D eigenvalue weighted by molar-refractivity contribution is 5.71. The number of hydrogen-bond donors (Lipinski definition) is 1. The zero-order valence-electron chi connectivity index (χ0n) is 19.2. The number of carboxylic acid groups (broad SMARTS) is 1. The molecule has 2 aliphatic heterocycles. The third-order valence-corrected chi connectivity index (χ3v) is 6.88. The zero-order valence-corrected chi connectivity index (χ0v) is 19.2. The average Bonchev–Trinajstić information content (AvgIpc) is 3.30. The van der Waals surface area contributed by atoms with Crippen molar-refractivity contribution in [2.24, 2.45) is 5.92 Å². The van der Waals surface area contributed by atoms with E-state index in [0.29, 0.717) is 37.9 Å². The molecular weight excluding hydrogens is 433 g/mol. The highest BCUT2D eigenvalue weighted by Crippen LogP contribution is 2.30. The summed E-state index contributed by atoms with van der Waals surface area (Å²) in [5.74, 6) is 0.258. The second kappa shape index (κ2) is 9.37. The van der Waals surface area contributed by atoms with Crippen molar-refractivity contribution < 1.29 is 14.3 Å². The Morgan fingerprint density at radius 1 is 0.971 bits per heavy atom. The number of aromatic nitrogens is 3. The van der Waals surface area contributed by atoms with Gasteiger partial charge in [-0.25, -0.2) is 19.3 Å². The first kappa shape index (κ1) is 22.3. The summed E-state index contributed by atoms with van der Waals surface area (Å²) in [6, 6.07) is 12.6. The molecule has 3 aromatic rings. The van der Waals surface area contributed by atoms with Crippen molar-refractivity contribution in [1.82, 2.24) is 15.0 Å². The molecule has 8 heteroatoms. The Morgan fingerprint density at radius 3 is 2.24 bits per heavy atom. The highest BCUT2D eigenvalue weighted by Gasteiger charge is 2.26. The standard InChI is InChI=1S/C26H28FN5O2/c1-17-3-2-12-32(17)26-29-22(18-4-7-21(27)8-5-18)15-23(30-26)20-6-9-24(28-16-20)31-13-10-19(11-14-31)25(33)34/h4-9,15-17,19H,2-3,10-14H2,1H3,(H,33,34). The van der Waals surface area contributed by atoms with Crippen LogP contribution in [0.25, 0.3) is 22.5 Å². The van der Waals surface area contributed by atoms with Crippen molar-refractivity contribution in [3.8, 4) is 22.5 Å². The number of rotatable bonds is 5. The molecule has 0 amide bonds. The molecule has 1 atom stereocenters. The van der Waals surface area contributed by atoms with Gasteiger partial charge in [-0.3, -0.25) is 4.79 Å². The van der Waals surface area contributed by atoms with E-state index in [1.165, 1.54) is 12.1 Å². The molecule has 176 valence electrons. The van der Waals surface area contributed by atoms with E-state index in [9.17, 15) is 14.3 Å². The minimum absolute atomic E-state index is 0.271. The Balaban J connectivity index is 1.44. The number of nitrogens with zero attached hydrogens (tertiary/aromatic N) is 5. The molecule has 1 unspecified atom stereocenters. The molecule has 2 saturated heterocycles. The SMILES string of the molecule is CC1CCCN1c1nc(-c2ccc(F)cc2)cc(-c2ccc(N3CCC(C(=O)O)CC3)nc2)n1. The van der Waals surface area contributed by atoms with Gasteiger partial charge in [-0.15, -0.1) is 0 Å². The van der Waals surface area contributed by atoms with Gasteiger partial charge in [0.15, 0.2) is 0 Å². The fourth-order valence-corrected chi connectivity index (χ4v) is 4.79. The number of carboxylic acids is 1. The monoisotopic (exact) mass is 461 g/mol. The number of anilines is 2. The fourth-order valence-electron chi connectivity index (χ4n) is 4.79. The Labute approximate surface area is 198 Å². The van der Waals surface area contributed by atoms with E-state index in [4.69, 9.17) is 9.97 Å². The molecule has 2 aliphatic rings. The molecule has 5 rings (SSSR count). The Kier molecular flexibility index (Phi) is 6.13. The maximum absolute atomic E-state index is 13.5. The molecule has 1 N–H and O–H groups in total. The zero-order chi connectivity index (χ0) is 23.7. The number of aliphatic carboxylic acids is 1. The maximum Gasteiger partial charge on any atom is 0.306 e. The van der Waals surface area contributed by atoms with Crippen LogP contribution in [0.2, 0.25) is 0 Å². The van der Waals surface area contributed by atoms with Crippen molar-refractivity contribution in [2.45, 2.75) is 38.6 Å². The van der Waals surface area contributed by atoms with Gasteiger partial charge in [-0.05, 0) is 75.1 Å². The van der Waals surface area contributed by atoms with Crippen LogP contribution < -0.4 is 9.80 Å². The van der Waals surface area contributed by atoms with Crippen LogP contribution in [0.5, 0.6) is 0 Å². The van der Waals surface area contributed by atoms with Gasteiger partial charge in [-0.1, -0.05) is 0 Å². The lowest BCUT2D eigenvalue weighted by Crippen LogP contribution is -2.36. The Morgan fingerprint density at radius 2 is 1.65 bits per heavy atom. The molecule has 0 bridgehead atoms. The van der Waals surface area contributed by atoms with Crippen molar-refractivity contribution >= 4 is 17.7 Å². The summed E-state index contributed by atoms with van der Waals surface area (Å²) in [6.45, 7) is 4.46. The summed E-state index contributed by atoms with van der Waals surface area (Å²) in [7, 11) is 0. The highest BCUT2D eigenvalue weighted by atomic mass is 19.1. The molecule has 1 aromatic carbocycles. The number of halogens is 1. The van der Waals surface area contributed by atoms with Crippen LogP contribution in [-0.2, 0) is 4.79 Å². The van der Waals surface area contributed by atoms with E-state index in [1.807, 2.05) is 24.4 Å². The van der Waals surface area contributed by atoms with Crippen LogP contribution in [0.1, 0.15) is 32.6 Å².